The van der Waals surface area contributed by atoms with Gasteiger partial charge in [0.1, 0.15) is 5.15 Å². The van der Waals surface area contributed by atoms with Crippen LogP contribution < -0.4 is 5.32 Å². The molecule has 0 saturated heterocycles. The summed E-state index contributed by atoms with van der Waals surface area (Å²) in [6.45, 7) is 1.91. The molecule has 94 valence electrons. The standard InChI is InChI=1S/C12H8Cl4N2/c1-6-3-2-4-9(10(6)15)17-12-8(14)5-7(13)11(16)18-12/h2-5H,1H3,(H,17,18). The van der Waals surface area contributed by atoms with E-state index in [9.17, 15) is 0 Å². The number of halogens is 4. The van der Waals surface area contributed by atoms with Crippen LogP contribution in [0.15, 0.2) is 24.3 Å². The Kier molecular flexibility index (Phi) is 4.23. The van der Waals surface area contributed by atoms with E-state index in [1.807, 2.05) is 25.1 Å². The Morgan fingerprint density at radius 1 is 1.06 bits per heavy atom. The average Bonchev–Trinajstić information content (AvgIpc) is 2.32. The molecular weight excluding hydrogens is 314 g/mol. The normalized spacial score (nSPS) is 10.5. The number of nitrogens with zero attached hydrogens (tertiary/aromatic N) is 1. The highest BCUT2D eigenvalue weighted by Gasteiger charge is 2.10. The van der Waals surface area contributed by atoms with Crippen molar-refractivity contribution in [1.29, 1.82) is 0 Å². The molecule has 6 heteroatoms. The number of hydrogen-bond donors (Lipinski definition) is 1. The quantitative estimate of drug-likeness (QED) is 0.712. The molecule has 1 aromatic carbocycles. The lowest BCUT2D eigenvalue weighted by Gasteiger charge is -2.11. The Balaban J connectivity index is 2.40. The minimum Gasteiger partial charge on any atom is -0.338 e. The summed E-state index contributed by atoms with van der Waals surface area (Å²) in [6, 6.07) is 7.16. The third kappa shape index (κ3) is 2.83. The highest BCUT2D eigenvalue weighted by Crippen LogP contribution is 2.33. The van der Waals surface area contributed by atoms with Crippen LogP contribution >= 0.6 is 46.4 Å². The smallest absolute Gasteiger partial charge is 0.151 e. The highest BCUT2D eigenvalue weighted by atomic mass is 35.5. The maximum atomic E-state index is 6.17. The van der Waals surface area contributed by atoms with Crippen molar-refractivity contribution < 1.29 is 0 Å². The Labute approximate surface area is 125 Å². The second-order valence-electron chi connectivity index (χ2n) is 3.65. The van der Waals surface area contributed by atoms with Gasteiger partial charge in [0.25, 0.3) is 0 Å². The minimum absolute atomic E-state index is 0.187. The zero-order valence-electron chi connectivity index (χ0n) is 9.27. The molecule has 0 radical (unpaired) electrons. The number of anilines is 2. The predicted molar refractivity (Wildman–Crippen MR) is 78.7 cm³/mol. The van der Waals surface area contributed by atoms with Crippen molar-refractivity contribution in [2.24, 2.45) is 0 Å². The number of nitrogens with one attached hydrogen (secondary N) is 1. The summed E-state index contributed by atoms with van der Waals surface area (Å²) < 4.78 is 0. The van der Waals surface area contributed by atoms with Crippen molar-refractivity contribution in [3.05, 3.63) is 50.0 Å². The zero-order valence-corrected chi connectivity index (χ0v) is 12.3. The van der Waals surface area contributed by atoms with Crippen LogP contribution in [-0.2, 0) is 0 Å². The molecule has 18 heavy (non-hydrogen) atoms. The molecule has 2 aromatic rings. The molecule has 0 spiro atoms. The van der Waals surface area contributed by atoms with Crippen molar-refractivity contribution in [3.63, 3.8) is 0 Å². The SMILES string of the molecule is Cc1cccc(Nc2nc(Cl)c(Cl)cc2Cl)c1Cl. The van der Waals surface area contributed by atoms with Gasteiger partial charge in [-0.2, -0.15) is 0 Å². The molecule has 1 aromatic heterocycles. The van der Waals surface area contributed by atoms with Crippen molar-refractivity contribution in [3.8, 4) is 0 Å². The maximum absolute atomic E-state index is 6.17. The summed E-state index contributed by atoms with van der Waals surface area (Å²) in [7, 11) is 0. The van der Waals surface area contributed by atoms with Crippen LogP contribution in [0.4, 0.5) is 11.5 Å². The molecule has 0 aliphatic carbocycles. The molecule has 1 heterocycles. The van der Waals surface area contributed by atoms with Crippen LogP contribution in [0.5, 0.6) is 0 Å². The van der Waals surface area contributed by atoms with Gasteiger partial charge in [0, 0.05) is 0 Å². The van der Waals surface area contributed by atoms with Crippen molar-refractivity contribution >= 4 is 57.9 Å². The summed E-state index contributed by atoms with van der Waals surface area (Å²) in [4.78, 5) is 4.07. The lowest BCUT2D eigenvalue weighted by atomic mass is 10.2. The first-order valence-electron chi connectivity index (χ1n) is 5.02. The van der Waals surface area contributed by atoms with E-state index in [0.29, 0.717) is 26.6 Å². The van der Waals surface area contributed by atoms with E-state index in [4.69, 9.17) is 46.4 Å². The number of aromatic nitrogens is 1. The monoisotopic (exact) mass is 320 g/mol. The first-order chi connectivity index (χ1) is 8.49. The maximum Gasteiger partial charge on any atom is 0.151 e. The molecule has 0 saturated carbocycles. The first kappa shape index (κ1) is 13.8. The van der Waals surface area contributed by atoms with Crippen molar-refractivity contribution in [2.45, 2.75) is 6.92 Å². The molecule has 0 fully saturated rings. The average molecular weight is 322 g/mol. The molecule has 2 rings (SSSR count). The van der Waals surface area contributed by atoms with Gasteiger partial charge in [0.05, 0.1) is 20.8 Å². The molecule has 2 nitrogen and oxygen atoms in total. The van der Waals surface area contributed by atoms with Crippen molar-refractivity contribution in [2.75, 3.05) is 5.32 Å². The summed E-state index contributed by atoms with van der Waals surface area (Å²) >= 11 is 23.9. The lowest BCUT2D eigenvalue weighted by Crippen LogP contribution is -1.96. The Morgan fingerprint density at radius 3 is 2.50 bits per heavy atom. The van der Waals surface area contributed by atoms with E-state index in [1.165, 1.54) is 6.07 Å². The second kappa shape index (κ2) is 5.54. The van der Waals surface area contributed by atoms with E-state index in [-0.39, 0.29) is 5.15 Å². The van der Waals surface area contributed by atoms with E-state index in [0.717, 1.165) is 5.56 Å². The number of hydrogen-bond acceptors (Lipinski definition) is 2. The van der Waals surface area contributed by atoms with E-state index < -0.39 is 0 Å². The number of benzene rings is 1. The summed E-state index contributed by atoms with van der Waals surface area (Å²) in [5.41, 5.74) is 1.67. The van der Waals surface area contributed by atoms with Crippen LogP contribution in [0.3, 0.4) is 0 Å². The molecule has 0 bridgehead atoms. The van der Waals surface area contributed by atoms with Gasteiger partial charge >= 0.3 is 0 Å². The molecular formula is C12H8Cl4N2. The van der Waals surface area contributed by atoms with Gasteiger partial charge in [-0.3, -0.25) is 0 Å². The minimum atomic E-state index is 0.187. The van der Waals surface area contributed by atoms with E-state index >= 15 is 0 Å². The number of aryl methyl sites for hydroxylation is 1. The summed E-state index contributed by atoms with van der Waals surface area (Å²) in [6.07, 6.45) is 0. The van der Waals surface area contributed by atoms with Crippen LogP contribution in [0, 0.1) is 6.92 Å². The molecule has 0 unspecified atom stereocenters. The van der Waals surface area contributed by atoms with Gasteiger partial charge < -0.3 is 5.32 Å². The van der Waals surface area contributed by atoms with Gasteiger partial charge in [0.2, 0.25) is 0 Å². The van der Waals surface area contributed by atoms with E-state index in [1.54, 1.807) is 0 Å². The van der Waals surface area contributed by atoms with Gasteiger partial charge in [0.15, 0.2) is 5.82 Å². The van der Waals surface area contributed by atoms with Gasteiger partial charge in [-0.05, 0) is 24.6 Å². The third-order valence-corrected chi connectivity index (χ3v) is 3.79. The fraction of sp³-hybridized carbons (Fsp3) is 0.0833. The molecule has 1 N–H and O–H groups in total. The Hall–Kier alpha value is -0.670. The number of rotatable bonds is 2. The highest BCUT2D eigenvalue weighted by molar-refractivity contribution is 6.43. The molecule has 0 aliphatic heterocycles. The Bertz CT molecular complexity index is 599. The van der Waals surface area contributed by atoms with Crippen LogP contribution in [0.25, 0.3) is 0 Å². The second-order valence-corrected chi connectivity index (χ2v) is 5.20. The van der Waals surface area contributed by atoms with Gasteiger partial charge in [-0.1, -0.05) is 58.5 Å². The summed E-state index contributed by atoms with van der Waals surface area (Å²) in [5.74, 6) is 0.415. The van der Waals surface area contributed by atoms with Gasteiger partial charge in [-0.25, -0.2) is 4.98 Å². The fourth-order valence-corrected chi connectivity index (χ4v) is 2.12. The largest absolute Gasteiger partial charge is 0.338 e. The van der Waals surface area contributed by atoms with E-state index in [2.05, 4.69) is 10.3 Å². The molecule has 0 atom stereocenters. The van der Waals surface area contributed by atoms with Crippen molar-refractivity contribution in [1.82, 2.24) is 4.98 Å². The number of pyridine rings is 1. The van der Waals surface area contributed by atoms with Crippen LogP contribution in [0.2, 0.25) is 20.2 Å². The topological polar surface area (TPSA) is 24.9 Å². The summed E-state index contributed by atoms with van der Waals surface area (Å²) in [5, 5.41) is 4.52. The van der Waals surface area contributed by atoms with Crippen LogP contribution in [-0.4, -0.2) is 4.98 Å². The lowest BCUT2D eigenvalue weighted by molar-refractivity contribution is 1.30. The third-order valence-electron chi connectivity index (χ3n) is 2.33. The fourth-order valence-electron chi connectivity index (χ4n) is 1.40. The molecule has 0 aliphatic rings. The van der Waals surface area contributed by atoms with Crippen LogP contribution in [0.1, 0.15) is 5.56 Å². The Morgan fingerprint density at radius 2 is 1.78 bits per heavy atom. The van der Waals surface area contributed by atoms with Gasteiger partial charge in [-0.15, -0.1) is 0 Å². The molecule has 0 amide bonds. The zero-order chi connectivity index (χ0) is 13.3. The first-order valence-corrected chi connectivity index (χ1v) is 6.54. The predicted octanol–water partition coefficient (Wildman–Crippen LogP) is 5.75.